The maximum atomic E-state index is 5.68. The number of hydrogen-bond acceptors (Lipinski definition) is 3. The van der Waals surface area contributed by atoms with Crippen LogP contribution in [0.2, 0.25) is 0 Å². The molecule has 0 amide bonds. The van der Waals surface area contributed by atoms with Crippen LogP contribution in [-0.2, 0) is 0 Å². The minimum Gasteiger partial charge on any atom is -0.490 e. The highest BCUT2D eigenvalue weighted by molar-refractivity contribution is 5.65. The van der Waals surface area contributed by atoms with E-state index in [4.69, 9.17) is 16.2 Å². The fourth-order valence-electron chi connectivity index (χ4n) is 0.977. The second-order valence-corrected chi connectivity index (χ2v) is 3.86. The van der Waals surface area contributed by atoms with Crippen molar-refractivity contribution in [1.29, 1.82) is 0 Å². The van der Waals surface area contributed by atoms with E-state index in [-0.39, 0.29) is 6.10 Å². The summed E-state index contributed by atoms with van der Waals surface area (Å²) in [4.78, 5) is 0. The molecule has 4 N–H and O–H groups in total. The third-order valence-electron chi connectivity index (χ3n) is 2.32. The van der Waals surface area contributed by atoms with Crippen LogP contribution in [0.5, 0.6) is 5.75 Å². The van der Waals surface area contributed by atoms with Crippen molar-refractivity contribution in [3.63, 3.8) is 0 Å². The Morgan fingerprint density at radius 1 is 1.07 bits per heavy atom. The molecule has 3 nitrogen and oxygen atoms in total. The van der Waals surface area contributed by atoms with Crippen LogP contribution in [0.25, 0.3) is 0 Å². The molecule has 0 heterocycles. The van der Waals surface area contributed by atoms with E-state index in [9.17, 15) is 0 Å². The molecule has 78 valence electrons. The molecule has 1 rings (SSSR count). The monoisotopic (exact) mass is 194 g/mol. The average Bonchev–Trinajstić information content (AvgIpc) is 2.11. The van der Waals surface area contributed by atoms with Crippen LogP contribution >= 0.6 is 0 Å². The molecule has 0 fully saturated rings. The molecule has 14 heavy (non-hydrogen) atoms. The number of rotatable bonds is 3. The van der Waals surface area contributed by atoms with Crippen molar-refractivity contribution in [3.8, 4) is 5.75 Å². The SMILES string of the molecule is CC(C)C(C)Oc1ccc(N)c(N)c1. The minimum absolute atomic E-state index is 0.179. The first kappa shape index (κ1) is 10.7. The molecule has 0 aliphatic rings. The van der Waals surface area contributed by atoms with Gasteiger partial charge in [0.1, 0.15) is 5.75 Å². The van der Waals surface area contributed by atoms with Gasteiger partial charge in [-0.3, -0.25) is 0 Å². The first-order chi connectivity index (χ1) is 6.50. The number of nitrogen functional groups attached to an aromatic ring is 2. The van der Waals surface area contributed by atoms with Crippen molar-refractivity contribution in [1.82, 2.24) is 0 Å². The second kappa shape index (κ2) is 4.22. The van der Waals surface area contributed by atoms with E-state index in [0.717, 1.165) is 5.75 Å². The zero-order chi connectivity index (χ0) is 10.7. The summed E-state index contributed by atoms with van der Waals surface area (Å²) in [7, 11) is 0. The van der Waals surface area contributed by atoms with Gasteiger partial charge in [0.05, 0.1) is 17.5 Å². The summed E-state index contributed by atoms with van der Waals surface area (Å²) >= 11 is 0. The Balaban J connectivity index is 2.73. The average molecular weight is 194 g/mol. The first-order valence-electron chi connectivity index (χ1n) is 4.82. The Kier molecular flexibility index (Phi) is 3.23. The first-order valence-corrected chi connectivity index (χ1v) is 4.82. The van der Waals surface area contributed by atoms with Crippen molar-refractivity contribution in [3.05, 3.63) is 18.2 Å². The summed E-state index contributed by atoms with van der Waals surface area (Å²) in [5, 5.41) is 0. The number of benzene rings is 1. The van der Waals surface area contributed by atoms with E-state index >= 15 is 0 Å². The lowest BCUT2D eigenvalue weighted by molar-refractivity contribution is 0.170. The second-order valence-electron chi connectivity index (χ2n) is 3.86. The molecule has 3 heteroatoms. The molecular formula is C11H18N2O. The Bertz CT molecular complexity index is 310. The molecule has 0 bridgehead atoms. The molecule has 1 unspecified atom stereocenters. The van der Waals surface area contributed by atoms with Gasteiger partial charge in [-0.05, 0) is 25.0 Å². The molecule has 0 aliphatic heterocycles. The van der Waals surface area contributed by atoms with Gasteiger partial charge in [0.25, 0.3) is 0 Å². The highest BCUT2D eigenvalue weighted by Crippen LogP contribution is 2.23. The van der Waals surface area contributed by atoms with E-state index in [1.807, 2.05) is 13.0 Å². The Labute approximate surface area is 85.0 Å². The van der Waals surface area contributed by atoms with Crippen LogP contribution in [-0.4, -0.2) is 6.10 Å². The maximum absolute atomic E-state index is 5.68. The van der Waals surface area contributed by atoms with Crippen LogP contribution in [0.3, 0.4) is 0 Å². The van der Waals surface area contributed by atoms with Gasteiger partial charge in [0.2, 0.25) is 0 Å². The highest BCUT2D eigenvalue weighted by atomic mass is 16.5. The lowest BCUT2D eigenvalue weighted by atomic mass is 10.1. The van der Waals surface area contributed by atoms with Gasteiger partial charge in [-0.25, -0.2) is 0 Å². The van der Waals surface area contributed by atoms with Crippen molar-refractivity contribution >= 4 is 11.4 Å². The van der Waals surface area contributed by atoms with Crippen molar-refractivity contribution in [2.45, 2.75) is 26.9 Å². The zero-order valence-corrected chi connectivity index (χ0v) is 8.95. The highest BCUT2D eigenvalue weighted by Gasteiger charge is 2.08. The molecule has 0 saturated heterocycles. The lowest BCUT2D eigenvalue weighted by Crippen LogP contribution is -2.18. The number of hydrogen-bond donors (Lipinski definition) is 2. The summed E-state index contributed by atoms with van der Waals surface area (Å²) < 4.78 is 5.68. The van der Waals surface area contributed by atoms with E-state index < -0.39 is 0 Å². The molecule has 0 aromatic heterocycles. The normalized spacial score (nSPS) is 12.9. The van der Waals surface area contributed by atoms with Gasteiger partial charge in [-0.1, -0.05) is 13.8 Å². The van der Waals surface area contributed by atoms with Crippen LogP contribution in [0.15, 0.2) is 18.2 Å². The number of ether oxygens (including phenoxy) is 1. The van der Waals surface area contributed by atoms with Crippen LogP contribution in [0.1, 0.15) is 20.8 Å². The van der Waals surface area contributed by atoms with Gasteiger partial charge < -0.3 is 16.2 Å². The quantitative estimate of drug-likeness (QED) is 0.726. The Morgan fingerprint density at radius 2 is 1.71 bits per heavy atom. The topological polar surface area (TPSA) is 61.3 Å². The number of anilines is 2. The van der Waals surface area contributed by atoms with Crippen molar-refractivity contribution in [2.75, 3.05) is 11.5 Å². The van der Waals surface area contributed by atoms with Gasteiger partial charge in [-0.2, -0.15) is 0 Å². The molecule has 0 aliphatic carbocycles. The van der Waals surface area contributed by atoms with E-state index in [2.05, 4.69) is 13.8 Å². The van der Waals surface area contributed by atoms with Gasteiger partial charge >= 0.3 is 0 Å². The molecule has 1 aromatic rings. The Hall–Kier alpha value is -1.38. The van der Waals surface area contributed by atoms with E-state index in [0.29, 0.717) is 17.3 Å². The van der Waals surface area contributed by atoms with Crippen LogP contribution in [0.4, 0.5) is 11.4 Å². The minimum atomic E-state index is 0.179. The van der Waals surface area contributed by atoms with Gasteiger partial charge in [-0.15, -0.1) is 0 Å². The van der Waals surface area contributed by atoms with Crippen LogP contribution < -0.4 is 16.2 Å². The summed E-state index contributed by atoms with van der Waals surface area (Å²) in [5.41, 5.74) is 12.4. The zero-order valence-electron chi connectivity index (χ0n) is 8.95. The molecule has 0 radical (unpaired) electrons. The van der Waals surface area contributed by atoms with Crippen molar-refractivity contribution in [2.24, 2.45) is 5.92 Å². The fourth-order valence-corrected chi connectivity index (χ4v) is 0.977. The number of nitrogens with two attached hydrogens (primary N) is 2. The van der Waals surface area contributed by atoms with E-state index in [1.54, 1.807) is 12.1 Å². The van der Waals surface area contributed by atoms with Crippen LogP contribution in [0, 0.1) is 5.92 Å². The summed E-state index contributed by atoms with van der Waals surface area (Å²) in [6, 6.07) is 5.36. The summed E-state index contributed by atoms with van der Waals surface area (Å²) in [6.45, 7) is 6.27. The smallest absolute Gasteiger partial charge is 0.121 e. The van der Waals surface area contributed by atoms with Gasteiger partial charge in [0, 0.05) is 6.07 Å². The summed E-state index contributed by atoms with van der Waals surface area (Å²) in [5.74, 6) is 1.26. The molecule has 1 atom stereocenters. The summed E-state index contributed by atoms with van der Waals surface area (Å²) in [6.07, 6.45) is 0.179. The maximum Gasteiger partial charge on any atom is 0.121 e. The third-order valence-corrected chi connectivity index (χ3v) is 2.32. The largest absolute Gasteiger partial charge is 0.490 e. The Morgan fingerprint density at radius 3 is 2.21 bits per heavy atom. The van der Waals surface area contributed by atoms with Crippen molar-refractivity contribution < 1.29 is 4.74 Å². The molecular weight excluding hydrogens is 176 g/mol. The molecule has 0 spiro atoms. The van der Waals surface area contributed by atoms with E-state index in [1.165, 1.54) is 0 Å². The predicted molar refractivity (Wildman–Crippen MR) is 60.2 cm³/mol. The lowest BCUT2D eigenvalue weighted by Gasteiger charge is -2.18. The third kappa shape index (κ3) is 2.55. The fraction of sp³-hybridized carbons (Fsp3) is 0.455. The van der Waals surface area contributed by atoms with Gasteiger partial charge in [0.15, 0.2) is 0 Å². The molecule has 1 aromatic carbocycles. The molecule has 0 saturated carbocycles. The predicted octanol–water partition coefficient (Wildman–Crippen LogP) is 2.27. The standard InChI is InChI=1S/C11H18N2O/c1-7(2)8(3)14-9-4-5-10(12)11(13)6-9/h4-8H,12-13H2,1-3H3.